The molecule has 104 valence electrons. The van der Waals surface area contributed by atoms with Crippen LogP contribution in [0.5, 0.6) is 0 Å². The van der Waals surface area contributed by atoms with Crippen molar-refractivity contribution >= 4 is 5.69 Å². The molecular formula is C16H24N2O. The zero-order chi connectivity index (χ0) is 13.2. The Morgan fingerprint density at radius 2 is 1.58 bits per heavy atom. The van der Waals surface area contributed by atoms with Crippen LogP contribution in [0, 0.1) is 0 Å². The van der Waals surface area contributed by atoms with Crippen molar-refractivity contribution < 1.29 is 5.11 Å². The van der Waals surface area contributed by atoms with Crippen LogP contribution in [0.3, 0.4) is 0 Å². The number of anilines is 1. The Hall–Kier alpha value is -1.06. The van der Waals surface area contributed by atoms with Gasteiger partial charge in [-0.05, 0) is 73.9 Å². The number of hydrogen-bond donors (Lipinski definition) is 2. The first-order valence-corrected chi connectivity index (χ1v) is 7.50. The molecule has 0 atom stereocenters. The summed E-state index contributed by atoms with van der Waals surface area (Å²) in [5.41, 5.74) is 9.88. The van der Waals surface area contributed by atoms with E-state index in [2.05, 4.69) is 23.1 Å². The van der Waals surface area contributed by atoms with E-state index >= 15 is 0 Å². The number of hydrogen-bond acceptors (Lipinski definition) is 3. The maximum atomic E-state index is 8.98. The van der Waals surface area contributed by atoms with Crippen LogP contribution in [0.15, 0.2) is 18.2 Å². The van der Waals surface area contributed by atoms with E-state index in [1.807, 2.05) is 0 Å². The highest BCUT2D eigenvalue weighted by Crippen LogP contribution is 2.42. The molecule has 19 heavy (non-hydrogen) atoms. The van der Waals surface area contributed by atoms with Crippen LogP contribution < -0.4 is 5.73 Å². The number of piperidine rings is 1. The normalized spacial score (nSPS) is 21.7. The number of aliphatic hydroxyl groups excluding tert-OH is 1. The Labute approximate surface area is 115 Å². The van der Waals surface area contributed by atoms with Gasteiger partial charge in [-0.1, -0.05) is 6.07 Å². The summed E-state index contributed by atoms with van der Waals surface area (Å²) >= 11 is 0. The van der Waals surface area contributed by atoms with Crippen molar-refractivity contribution in [2.24, 2.45) is 0 Å². The van der Waals surface area contributed by atoms with Crippen molar-refractivity contribution in [1.82, 2.24) is 4.90 Å². The molecule has 3 heteroatoms. The van der Waals surface area contributed by atoms with Crippen LogP contribution >= 0.6 is 0 Å². The van der Waals surface area contributed by atoms with Gasteiger partial charge in [0.05, 0.1) is 6.61 Å². The molecule has 2 aliphatic rings. The summed E-state index contributed by atoms with van der Waals surface area (Å²) < 4.78 is 0. The van der Waals surface area contributed by atoms with Crippen molar-refractivity contribution in [3.05, 3.63) is 29.3 Å². The van der Waals surface area contributed by atoms with Crippen molar-refractivity contribution in [2.45, 2.75) is 37.5 Å². The molecular weight excluding hydrogens is 236 g/mol. The molecule has 1 aromatic carbocycles. The summed E-state index contributed by atoms with van der Waals surface area (Å²) in [5, 5.41) is 8.98. The van der Waals surface area contributed by atoms with Crippen LogP contribution in [-0.2, 0) is 0 Å². The molecule has 0 aromatic heterocycles. The molecule has 1 aliphatic heterocycles. The predicted octanol–water partition coefficient (Wildman–Crippen LogP) is 2.32. The fourth-order valence-electron chi connectivity index (χ4n) is 3.22. The monoisotopic (exact) mass is 260 g/mol. The minimum Gasteiger partial charge on any atom is -0.399 e. The topological polar surface area (TPSA) is 49.5 Å². The lowest BCUT2D eigenvalue weighted by Crippen LogP contribution is -2.34. The molecule has 1 saturated heterocycles. The number of likely N-dealkylation sites (tertiary alicyclic amines) is 1. The van der Waals surface area contributed by atoms with Crippen molar-refractivity contribution in [3.8, 4) is 0 Å². The van der Waals surface area contributed by atoms with Crippen molar-refractivity contribution in [2.75, 3.05) is 32.0 Å². The Morgan fingerprint density at radius 1 is 1.00 bits per heavy atom. The van der Waals surface area contributed by atoms with Crippen molar-refractivity contribution in [3.63, 3.8) is 0 Å². The minimum atomic E-state index is 0.273. The number of β-amino-alcohol motifs (C(OH)–C–C–N with tert-alkyl or cyclic N) is 1. The second kappa shape index (κ2) is 5.51. The van der Waals surface area contributed by atoms with E-state index < -0.39 is 0 Å². The number of benzene rings is 1. The molecule has 3 nitrogen and oxygen atoms in total. The van der Waals surface area contributed by atoms with Crippen molar-refractivity contribution in [1.29, 1.82) is 0 Å². The molecule has 1 aromatic rings. The highest BCUT2D eigenvalue weighted by molar-refractivity contribution is 5.47. The van der Waals surface area contributed by atoms with E-state index in [9.17, 15) is 0 Å². The van der Waals surface area contributed by atoms with Crippen LogP contribution in [0.1, 0.15) is 48.6 Å². The number of nitrogen functional groups attached to an aromatic ring is 1. The van der Waals surface area contributed by atoms with E-state index in [1.165, 1.54) is 36.8 Å². The summed E-state index contributed by atoms with van der Waals surface area (Å²) in [6.07, 6.45) is 5.04. The van der Waals surface area contributed by atoms with E-state index in [0.29, 0.717) is 5.92 Å². The van der Waals surface area contributed by atoms with Gasteiger partial charge in [-0.2, -0.15) is 0 Å². The number of aliphatic hydroxyl groups is 1. The van der Waals surface area contributed by atoms with Gasteiger partial charge in [-0.3, -0.25) is 0 Å². The summed E-state index contributed by atoms with van der Waals surface area (Å²) in [4.78, 5) is 2.35. The zero-order valence-electron chi connectivity index (χ0n) is 11.5. The zero-order valence-corrected chi connectivity index (χ0v) is 11.5. The summed E-state index contributed by atoms with van der Waals surface area (Å²) in [7, 11) is 0. The largest absolute Gasteiger partial charge is 0.399 e. The van der Waals surface area contributed by atoms with E-state index in [4.69, 9.17) is 10.8 Å². The lowest BCUT2D eigenvalue weighted by molar-refractivity contribution is 0.164. The Kier molecular flexibility index (Phi) is 3.76. The molecule has 1 heterocycles. The van der Waals surface area contributed by atoms with Crippen LogP contribution in [-0.4, -0.2) is 36.2 Å². The molecule has 3 rings (SSSR count). The second-order valence-corrected chi connectivity index (χ2v) is 6.05. The Morgan fingerprint density at radius 3 is 2.11 bits per heavy atom. The molecule has 0 unspecified atom stereocenters. The highest BCUT2D eigenvalue weighted by Gasteiger charge is 2.26. The third-order valence-corrected chi connectivity index (χ3v) is 4.52. The molecule has 1 saturated carbocycles. The average Bonchev–Trinajstić information content (AvgIpc) is 3.23. The van der Waals surface area contributed by atoms with Gasteiger partial charge in [-0.25, -0.2) is 0 Å². The van der Waals surface area contributed by atoms with E-state index in [0.717, 1.165) is 31.2 Å². The highest BCUT2D eigenvalue weighted by atomic mass is 16.3. The lowest BCUT2D eigenvalue weighted by atomic mass is 9.87. The van der Waals surface area contributed by atoms with Gasteiger partial charge in [0.15, 0.2) is 0 Å². The summed E-state index contributed by atoms with van der Waals surface area (Å²) in [6, 6.07) is 6.71. The smallest absolute Gasteiger partial charge is 0.0558 e. The average molecular weight is 260 g/mol. The van der Waals surface area contributed by atoms with Gasteiger partial charge >= 0.3 is 0 Å². The number of nitrogens with two attached hydrogens (primary N) is 1. The Balaban J connectivity index is 1.69. The second-order valence-electron chi connectivity index (χ2n) is 6.05. The minimum absolute atomic E-state index is 0.273. The molecule has 3 N–H and O–H groups in total. The van der Waals surface area contributed by atoms with Gasteiger partial charge in [0, 0.05) is 12.2 Å². The molecule has 0 radical (unpaired) electrons. The Bertz CT molecular complexity index is 434. The SMILES string of the molecule is Nc1cc(C2CC2)cc(C2CCN(CCO)CC2)c1. The lowest BCUT2D eigenvalue weighted by Gasteiger charge is -2.32. The summed E-state index contributed by atoms with van der Waals surface area (Å²) in [6.45, 7) is 3.28. The molecule has 0 spiro atoms. The van der Waals surface area contributed by atoms with Crippen LogP contribution in [0.2, 0.25) is 0 Å². The van der Waals surface area contributed by atoms with Gasteiger partial charge in [-0.15, -0.1) is 0 Å². The quantitative estimate of drug-likeness (QED) is 0.817. The fourth-order valence-corrected chi connectivity index (χ4v) is 3.22. The number of nitrogens with zero attached hydrogens (tertiary/aromatic N) is 1. The first-order valence-electron chi connectivity index (χ1n) is 7.50. The summed E-state index contributed by atoms with van der Waals surface area (Å²) in [5.74, 6) is 1.42. The first kappa shape index (κ1) is 12.9. The predicted molar refractivity (Wildman–Crippen MR) is 78.3 cm³/mol. The van der Waals surface area contributed by atoms with Gasteiger partial charge in [0.25, 0.3) is 0 Å². The van der Waals surface area contributed by atoms with Gasteiger partial charge in [0.2, 0.25) is 0 Å². The first-order chi connectivity index (χ1) is 9.26. The van der Waals surface area contributed by atoms with E-state index in [-0.39, 0.29) is 6.61 Å². The van der Waals surface area contributed by atoms with Gasteiger partial charge in [0.1, 0.15) is 0 Å². The molecule has 0 bridgehead atoms. The molecule has 1 aliphatic carbocycles. The van der Waals surface area contributed by atoms with E-state index in [1.54, 1.807) is 0 Å². The maximum Gasteiger partial charge on any atom is 0.0558 e. The molecule has 2 fully saturated rings. The third kappa shape index (κ3) is 3.10. The fraction of sp³-hybridized carbons (Fsp3) is 0.625. The number of rotatable bonds is 4. The standard InChI is InChI=1S/C16H24N2O/c17-16-10-14(12-1-2-12)9-15(11-16)13-3-5-18(6-4-13)7-8-19/h9-13,19H,1-8,17H2. The molecule has 0 amide bonds. The maximum absolute atomic E-state index is 8.98. The third-order valence-electron chi connectivity index (χ3n) is 4.52. The van der Waals surface area contributed by atoms with Crippen LogP contribution in [0.4, 0.5) is 5.69 Å². The van der Waals surface area contributed by atoms with Crippen LogP contribution in [0.25, 0.3) is 0 Å². The van der Waals surface area contributed by atoms with Gasteiger partial charge < -0.3 is 15.7 Å².